The Morgan fingerprint density at radius 2 is 2.00 bits per heavy atom. The molecule has 0 aliphatic heterocycles. The molecule has 0 radical (unpaired) electrons. The second kappa shape index (κ2) is 8.90. The van der Waals surface area contributed by atoms with Crippen LogP contribution < -0.4 is 0 Å². The molecule has 0 aromatic heterocycles. The van der Waals surface area contributed by atoms with Gasteiger partial charge in [0.15, 0.2) is 0 Å². The first-order valence-corrected chi connectivity index (χ1v) is 0.960. The van der Waals surface area contributed by atoms with Crippen molar-refractivity contribution in [2.45, 2.75) is 0 Å². The van der Waals surface area contributed by atoms with Crippen molar-refractivity contribution < 1.29 is 9.90 Å². The van der Waals surface area contributed by atoms with Gasteiger partial charge in [0, 0.05) is 0 Å². The number of hydrogen-bond acceptors (Lipinski definition) is 2. The molecule has 0 spiro atoms. The Bertz CT molecular complexity index is 21.6. The van der Waals surface area contributed by atoms with Crippen LogP contribution in [0, 0.1) is 0 Å². The first-order valence-electron chi connectivity index (χ1n) is 0.960. The molecular weight excluding hydrogens is 129 g/mol. The Morgan fingerprint density at radius 1 is 1.80 bits per heavy atom. The number of hydrogen-bond donors (Lipinski definition) is 1. The van der Waals surface area contributed by atoms with Gasteiger partial charge in [-0.3, -0.25) is 0 Å². The zero-order chi connectivity index (χ0) is 3.41. The van der Waals surface area contributed by atoms with Crippen LogP contribution in [0.4, 0.5) is 0 Å². The molecule has 0 aromatic carbocycles. The van der Waals surface area contributed by atoms with E-state index in [1.807, 2.05) is 0 Å². The molecule has 0 bridgehead atoms. The Balaban J connectivity index is 0. The fourth-order valence-electron chi connectivity index (χ4n) is 0. The van der Waals surface area contributed by atoms with E-state index in [-0.39, 0.29) is 24.2 Å². The van der Waals surface area contributed by atoms with Crippen molar-refractivity contribution in [3.63, 3.8) is 0 Å². The van der Waals surface area contributed by atoms with E-state index in [4.69, 9.17) is 9.90 Å². The minimum absolute atomic E-state index is 0. The van der Waals surface area contributed by atoms with Crippen molar-refractivity contribution in [2.75, 3.05) is 6.61 Å². The SMILES string of the molecule is O=CCO.[GeH4]. The molecule has 0 fully saturated rings. The van der Waals surface area contributed by atoms with Crippen LogP contribution in [-0.2, 0) is 4.79 Å². The fraction of sp³-hybridized carbons (Fsp3) is 0.500. The third-order valence-corrected chi connectivity index (χ3v) is 0.0745. The quantitative estimate of drug-likeness (QED) is 0.326. The van der Waals surface area contributed by atoms with E-state index in [1.54, 1.807) is 0 Å². The molecule has 1 N–H and O–H groups in total. The molecule has 2 nitrogen and oxygen atoms in total. The standard InChI is InChI=1S/C2H4O2.GeH4/c3-1-2-4;/h1,4H,2H2;1H4. The predicted molar refractivity (Wildman–Crippen MR) is 24.5 cm³/mol. The number of carbonyl (C=O) groups excluding carboxylic acids is 1. The van der Waals surface area contributed by atoms with Crippen molar-refractivity contribution in [2.24, 2.45) is 0 Å². The first kappa shape index (κ1) is 8.95. The molecule has 0 unspecified atom stereocenters. The molecule has 0 rings (SSSR count). The van der Waals surface area contributed by atoms with Gasteiger partial charge in [-0.1, -0.05) is 0 Å². The summed E-state index contributed by atoms with van der Waals surface area (Å²) in [6.07, 6.45) is 0.431. The van der Waals surface area contributed by atoms with Crippen molar-refractivity contribution in [3.8, 4) is 0 Å². The topological polar surface area (TPSA) is 37.3 Å². The van der Waals surface area contributed by atoms with E-state index in [0.29, 0.717) is 6.29 Å². The van der Waals surface area contributed by atoms with Crippen LogP contribution in [-0.4, -0.2) is 35.6 Å². The van der Waals surface area contributed by atoms with Crippen LogP contribution in [0.25, 0.3) is 0 Å². The molecule has 0 aliphatic carbocycles. The molecule has 32 valence electrons. The molecule has 0 heterocycles. The summed E-state index contributed by atoms with van der Waals surface area (Å²) >= 11 is 0. The molecule has 0 saturated heterocycles. The van der Waals surface area contributed by atoms with E-state index < -0.39 is 0 Å². The van der Waals surface area contributed by atoms with Crippen LogP contribution in [0.15, 0.2) is 0 Å². The van der Waals surface area contributed by atoms with Crippen LogP contribution in [0.1, 0.15) is 0 Å². The summed E-state index contributed by atoms with van der Waals surface area (Å²) in [5, 5.41) is 7.51. The Labute approximate surface area is 41.2 Å². The van der Waals surface area contributed by atoms with Gasteiger partial charge in [0.25, 0.3) is 0 Å². The third kappa shape index (κ3) is 14.3. The average molecular weight is 137 g/mol. The zero-order valence-electron chi connectivity index (χ0n) is 2.14. The van der Waals surface area contributed by atoms with E-state index in [1.165, 1.54) is 0 Å². The number of aliphatic hydroxyl groups excluding tert-OH is 1. The van der Waals surface area contributed by atoms with Gasteiger partial charge in [0.05, 0.1) is 6.61 Å². The molecular formula is C2H8GeO2. The monoisotopic (exact) mass is 138 g/mol. The molecule has 5 heavy (non-hydrogen) atoms. The van der Waals surface area contributed by atoms with Gasteiger partial charge in [-0.15, -0.1) is 0 Å². The van der Waals surface area contributed by atoms with Crippen molar-refractivity contribution in [1.29, 1.82) is 0 Å². The number of rotatable bonds is 1. The van der Waals surface area contributed by atoms with E-state index in [9.17, 15) is 0 Å². The maximum absolute atomic E-state index is 8.92. The first-order chi connectivity index (χ1) is 1.91. The minimum atomic E-state index is -0.361. The summed E-state index contributed by atoms with van der Waals surface area (Å²) in [4.78, 5) is 8.92. The molecule has 0 atom stereocenters. The van der Waals surface area contributed by atoms with Gasteiger partial charge in [-0.2, -0.15) is 0 Å². The molecule has 0 amide bonds. The van der Waals surface area contributed by atoms with E-state index in [0.717, 1.165) is 0 Å². The molecule has 3 heteroatoms. The average Bonchev–Trinajstić information content (AvgIpc) is 1.37. The van der Waals surface area contributed by atoms with Gasteiger partial charge in [-0.25, -0.2) is 0 Å². The summed E-state index contributed by atoms with van der Waals surface area (Å²) < 4.78 is 0. The molecule has 0 aromatic rings. The van der Waals surface area contributed by atoms with Gasteiger partial charge in [0.1, 0.15) is 6.29 Å². The van der Waals surface area contributed by atoms with Crippen molar-refractivity contribution in [1.82, 2.24) is 0 Å². The molecule has 0 aliphatic rings. The predicted octanol–water partition coefficient (Wildman–Crippen LogP) is -2.27. The maximum atomic E-state index is 8.92. The van der Waals surface area contributed by atoms with E-state index in [2.05, 4.69) is 0 Å². The number of aliphatic hydroxyl groups is 1. The zero-order valence-corrected chi connectivity index (χ0v) is 2.14. The Hall–Kier alpha value is 0.173. The summed E-state index contributed by atoms with van der Waals surface area (Å²) in [6.45, 7) is -0.361. The Morgan fingerprint density at radius 3 is 2.00 bits per heavy atom. The van der Waals surface area contributed by atoms with Crippen LogP contribution >= 0.6 is 0 Å². The normalized spacial score (nSPS) is 5.00. The van der Waals surface area contributed by atoms with Gasteiger partial charge >= 0.3 is 17.6 Å². The third-order valence-electron chi connectivity index (χ3n) is 0.0745. The Kier molecular flexibility index (Phi) is 15.9. The second-order valence-electron chi connectivity index (χ2n) is 0.349. The van der Waals surface area contributed by atoms with Gasteiger partial charge < -0.3 is 9.90 Å². The van der Waals surface area contributed by atoms with Crippen molar-refractivity contribution >= 4 is 23.9 Å². The number of carbonyl (C=O) groups is 1. The van der Waals surface area contributed by atoms with Gasteiger partial charge in [0.2, 0.25) is 0 Å². The summed E-state index contributed by atoms with van der Waals surface area (Å²) in [6, 6.07) is 0. The van der Waals surface area contributed by atoms with Crippen LogP contribution in [0.3, 0.4) is 0 Å². The van der Waals surface area contributed by atoms with E-state index >= 15 is 0 Å². The van der Waals surface area contributed by atoms with Crippen molar-refractivity contribution in [3.05, 3.63) is 0 Å². The second-order valence-corrected chi connectivity index (χ2v) is 0.349. The summed E-state index contributed by atoms with van der Waals surface area (Å²) in [5.74, 6) is 0. The van der Waals surface area contributed by atoms with Crippen LogP contribution in [0.5, 0.6) is 0 Å². The number of aldehydes is 1. The summed E-state index contributed by atoms with van der Waals surface area (Å²) in [7, 11) is 0. The fourth-order valence-corrected chi connectivity index (χ4v) is 0. The van der Waals surface area contributed by atoms with Gasteiger partial charge in [-0.05, 0) is 0 Å². The molecule has 0 saturated carbocycles. The summed E-state index contributed by atoms with van der Waals surface area (Å²) in [5.41, 5.74) is 0. The van der Waals surface area contributed by atoms with Crippen LogP contribution in [0.2, 0.25) is 0 Å².